The van der Waals surface area contributed by atoms with Crippen molar-refractivity contribution in [2.45, 2.75) is 51.2 Å². The highest BCUT2D eigenvalue weighted by molar-refractivity contribution is 5.87. The van der Waals surface area contributed by atoms with Crippen LogP contribution in [0.3, 0.4) is 0 Å². The minimum Gasteiger partial charge on any atom is -1.00 e. The van der Waals surface area contributed by atoms with Gasteiger partial charge < -0.3 is 33.2 Å². The van der Waals surface area contributed by atoms with Crippen LogP contribution in [0.5, 0.6) is 0 Å². The fourth-order valence-electron chi connectivity index (χ4n) is 5.24. The van der Waals surface area contributed by atoms with E-state index in [9.17, 15) is 9.18 Å². The summed E-state index contributed by atoms with van der Waals surface area (Å²) in [5.41, 5.74) is 2.11. The van der Waals surface area contributed by atoms with Gasteiger partial charge in [-0.25, -0.2) is 9.18 Å². The van der Waals surface area contributed by atoms with Crippen molar-refractivity contribution in [3.8, 4) is 0 Å². The molecule has 2 heterocycles. The zero-order valence-electron chi connectivity index (χ0n) is 18.6. The molecule has 0 radical (unpaired) electrons. The van der Waals surface area contributed by atoms with Crippen LogP contribution < -0.4 is 28.9 Å². The van der Waals surface area contributed by atoms with Gasteiger partial charge in [-0.3, -0.25) is 4.90 Å². The van der Waals surface area contributed by atoms with Gasteiger partial charge in [-0.1, -0.05) is 36.4 Å². The molecule has 2 aromatic carbocycles. The Morgan fingerprint density at radius 1 is 1.10 bits per heavy atom. The number of fused-ring (bicyclic) bond motifs is 2. The van der Waals surface area contributed by atoms with E-state index in [0.29, 0.717) is 24.6 Å². The van der Waals surface area contributed by atoms with Crippen LogP contribution in [0, 0.1) is 18.7 Å². The Labute approximate surface area is 202 Å². The highest BCUT2D eigenvalue weighted by Crippen LogP contribution is 2.42. The first-order valence-corrected chi connectivity index (χ1v) is 10.9. The lowest BCUT2D eigenvalue weighted by molar-refractivity contribution is -0.931. The van der Waals surface area contributed by atoms with Gasteiger partial charge in [0.15, 0.2) is 0 Å². The van der Waals surface area contributed by atoms with Crippen molar-refractivity contribution >= 4 is 11.8 Å². The average molecular weight is 538 g/mol. The number of quaternary nitrogens is 1. The van der Waals surface area contributed by atoms with Crippen LogP contribution in [0.1, 0.15) is 36.8 Å². The number of ether oxygens (including phenoxy) is 1. The molecule has 0 spiro atoms. The first kappa shape index (κ1) is 24.0. The number of rotatable bonds is 5. The number of carbonyl (C=O) groups is 1. The SMILES string of the molecule is Cc1ccc(F)c(N(Cc2ccccc2)C(=O)OCC2C[C@H]3CC[C@@H](C2)[N+]3(C)C)c1.[I-]. The number of hydrogen-bond donors (Lipinski definition) is 0. The van der Waals surface area contributed by atoms with Gasteiger partial charge >= 0.3 is 6.09 Å². The van der Waals surface area contributed by atoms with Gasteiger partial charge in [0.1, 0.15) is 5.82 Å². The molecule has 0 aromatic heterocycles. The first-order chi connectivity index (χ1) is 14.3. The maximum atomic E-state index is 14.6. The van der Waals surface area contributed by atoms with Gasteiger partial charge in [-0.15, -0.1) is 0 Å². The molecule has 168 valence electrons. The summed E-state index contributed by atoms with van der Waals surface area (Å²) >= 11 is 0. The summed E-state index contributed by atoms with van der Waals surface area (Å²) in [4.78, 5) is 14.5. The molecular weight excluding hydrogens is 506 g/mol. The Kier molecular flexibility index (Phi) is 7.63. The second-order valence-corrected chi connectivity index (χ2v) is 9.46. The molecule has 4 nitrogen and oxygen atoms in total. The lowest BCUT2D eigenvalue weighted by atomic mass is 9.90. The summed E-state index contributed by atoms with van der Waals surface area (Å²) in [5, 5.41) is 0. The van der Waals surface area contributed by atoms with Crippen molar-refractivity contribution < 1.29 is 42.4 Å². The molecule has 6 heteroatoms. The number of carbonyl (C=O) groups excluding carboxylic acids is 1. The normalized spacial score (nSPS) is 23.7. The van der Waals surface area contributed by atoms with Gasteiger partial charge in [0, 0.05) is 31.6 Å². The van der Waals surface area contributed by atoms with E-state index >= 15 is 0 Å². The molecule has 31 heavy (non-hydrogen) atoms. The molecule has 2 saturated heterocycles. The summed E-state index contributed by atoms with van der Waals surface area (Å²) in [6.07, 6.45) is 4.23. The summed E-state index contributed by atoms with van der Waals surface area (Å²) < 4.78 is 21.5. The number of aryl methyl sites for hydroxylation is 1. The van der Waals surface area contributed by atoms with Crippen LogP contribution in [0.15, 0.2) is 48.5 Å². The van der Waals surface area contributed by atoms with E-state index in [-0.39, 0.29) is 36.2 Å². The largest absolute Gasteiger partial charge is 1.00 e. The summed E-state index contributed by atoms with van der Waals surface area (Å²) in [6, 6.07) is 15.8. The van der Waals surface area contributed by atoms with Crippen molar-refractivity contribution in [1.82, 2.24) is 0 Å². The van der Waals surface area contributed by atoms with E-state index in [1.807, 2.05) is 37.3 Å². The van der Waals surface area contributed by atoms with E-state index in [1.165, 1.54) is 23.8 Å². The lowest BCUT2D eigenvalue weighted by Gasteiger charge is -2.44. The number of hydrogen-bond acceptors (Lipinski definition) is 2. The maximum Gasteiger partial charge on any atom is 0.414 e. The number of halogens is 2. The van der Waals surface area contributed by atoms with Crippen molar-refractivity contribution in [2.75, 3.05) is 25.6 Å². The quantitative estimate of drug-likeness (QED) is 0.432. The van der Waals surface area contributed by atoms with Crippen LogP contribution >= 0.6 is 0 Å². The third-order valence-electron chi connectivity index (χ3n) is 7.17. The smallest absolute Gasteiger partial charge is 0.414 e. The molecule has 1 unspecified atom stereocenters. The van der Waals surface area contributed by atoms with Gasteiger partial charge in [0.05, 0.1) is 45.0 Å². The van der Waals surface area contributed by atoms with Gasteiger partial charge in [-0.2, -0.15) is 0 Å². The van der Waals surface area contributed by atoms with Crippen LogP contribution in [-0.2, 0) is 11.3 Å². The second kappa shape index (κ2) is 9.86. The van der Waals surface area contributed by atoms with E-state index in [0.717, 1.165) is 28.5 Å². The topological polar surface area (TPSA) is 29.5 Å². The Morgan fingerprint density at radius 3 is 2.39 bits per heavy atom. The minimum absolute atomic E-state index is 0. The molecule has 4 rings (SSSR count). The Bertz CT molecular complexity index is 890. The highest BCUT2D eigenvalue weighted by atomic mass is 127. The molecule has 0 aliphatic carbocycles. The molecule has 2 fully saturated rings. The molecule has 2 aromatic rings. The zero-order chi connectivity index (χ0) is 21.3. The molecule has 0 N–H and O–H groups in total. The fraction of sp³-hybridized carbons (Fsp3) is 0.480. The van der Waals surface area contributed by atoms with Crippen molar-refractivity contribution in [3.63, 3.8) is 0 Å². The third kappa shape index (κ3) is 5.22. The number of piperidine rings is 1. The Balaban J connectivity index is 0.00000272. The Morgan fingerprint density at radius 2 is 1.74 bits per heavy atom. The van der Waals surface area contributed by atoms with Crippen LogP contribution in [0.2, 0.25) is 0 Å². The van der Waals surface area contributed by atoms with Crippen molar-refractivity contribution in [1.29, 1.82) is 0 Å². The second-order valence-electron chi connectivity index (χ2n) is 9.46. The molecule has 1 amide bonds. The zero-order valence-corrected chi connectivity index (χ0v) is 20.7. The molecule has 2 aliphatic heterocycles. The van der Waals surface area contributed by atoms with Crippen LogP contribution in [0.4, 0.5) is 14.9 Å². The van der Waals surface area contributed by atoms with Crippen LogP contribution in [0.25, 0.3) is 0 Å². The molecule has 2 aliphatic rings. The van der Waals surface area contributed by atoms with Crippen molar-refractivity contribution in [3.05, 3.63) is 65.5 Å². The number of benzene rings is 2. The minimum atomic E-state index is -0.477. The predicted octanol–water partition coefficient (Wildman–Crippen LogP) is 2.30. The standard InChI is InChI=1S/C25H32FN2O2.HI/c1-18-9-12-23(26)24(13-18)27(16-19-7-5-4-6-8-19)25(29)30-17-20-14-21-10-11-22(15-20)28(21,2)3;/h4-9,12-13,20-22H,10-11,14-17H2,1-3H3;1H/q+1;/p-1/t20?,21-,22+;. The summed E-state index contributed by atoms with van der Waals surface area (Å²) in [6.45, 7) is 2.58. The monoisotopic (exact) mass is 538 g/mol. The molecule has 3 atom stereocenters. The Hall–Kier alpha value is -1.67. The van der Waals surface area contributed by atoms with Crippen LogP contribution in [-0.4, -0.2) is 43.4 Å². The van der Waals surface area contributed by atoms with Gasteiger partial charge in [0.25, 0.3) is 0 Å². The van der Waals surface area contributed by atoms with E-state index < -0.39 is 11.9 Å². The van der Waals surface area contributed by atoms with Gasteiger partial charge in [-0.05, 0) is 30.2 Å². The van der Waals surface area contributed by atoms with Gasteiger partial charge in [0.2, 0.25) is 0 Å². The predicted molar refractivity (Wildman–Crippen MR) is 117 cm³/mol. The van der Waals surface area contributed by atoms with E-state index in [4.69, 9.17) is 4.74 Å². The third-order valence-corrected chi connectivity index (χ3v) is 7.17. The fourth-order valence-corrected chi connectivity index (χ4v) is 5.24. The average Bonchev–Trinajstić information content (AvgIpc) is 2.89. The van der Waals surface area contributed by atoms with E-state index in [2.05, 4.69) is 14.1 Å². The van der Waals surface area contributed by atoms with Crippen molar-refractivity contribution in [2.24, 2.45) is 5.92 Å². The summed E-state index contributed by atoms with van der Waals surface area (Å²) in [5.74, 6) is -0.0261. The molecule has 2 bridgehead atoms. The summed E-state index contributed by atoms with van der Waals surface area (Å²) in [7, 11) is 4.65. The maximum absolute atomic E-state index is 14.6. The highest BCUT2D eigenvalue weighted by Gasteiger charge is 2.49. The van der Waals surface area contributed by atoms with E-state index in [1.54, 1.807) is 12.1 Å². The molecule has 0 saturated carbocycles. The first-order valence-electron chi connectivity index (χ1n) is 10.9. The molecular formula is C25H32FIN2O2. The number of anilines is 1. The number of nitrogens with zero attached hydrogens (tertiary/aromatic N) is 2. The lowest BCUT2D eigenvalue weighted by Crippen LogP contribution is -3.00. The number of amides is 1.